The van der Waals surface area contributed by atoms with Crippen LogP contribution in [-0.4, -0.2) is 4.57 Å². The van der Waals surface area contributed by atoms with Gasteiger partial charge in [0.2, 0.25) is 0 Å². The number of rotatable bonds is 8. The Morgan fingerprint density at radius 1 is 0.354 bits per heavy atom. The van der Waals surface area contributed by atoms with Crippen molar-refractivity contribution in [3.8, 4) is 50.2 Å². The third-order valence-electron chi connectivity index (χ3n) is 13.0. The molecule has 0 unspecified atom stereocenters. The fourth-order valence-electron chi connectivity index (χ4n) is 10.1. The Labute approximate surface area is 383 Å². The number of aromatic nitrogens is 1. The molecule has 3 heteroatoms. The second-order valence-corrected chi connectivity index (χ2v) is 18.1. The SMILES string of the molecule is Cc1cc(N(c2cc(C)c(-c3ccccc3)c(-c3ccccc3)c2)c2cc(-c3cccc(-n4c5ccccc5c5ccccc54)c3)c3sc4ccccc4c3c2)ccc1-c1ccccc1. The summed E-state index contributed by atoms with van der Waals surface area (Å²) in [5.74, 6) is 0. The van der Waals surface area contributed by atoms with E-state index in [1.165, 1.54) is 97.6 Å². The minimum Gasteiger partial charge on any atom is -0.310 e. The molecule has 0 fully saturated rings. The van der Waals surface area contributed by atoms with Crippen molar-refractivity contribution in [1.82, 2.24) is 4.57 Å². The molecule has 65 heavy (non-hydrogen) atoms. The van der Waals surface area contributed by atoms with Gasteiger partial charge in [0.25, 0.3) is 0 Å². The van der Waals surface area contributed by atoms with Gasteiger partial charge in [-0.25, -0.2) is 0 Å². The van der Waals surface area contributed by atoms with E-state index in [1.807, 2.05) is 11.3 Å². The molecule has 308 valence electrons. The first kappa shape index (κ1) is 38.7. The number of anilines is 3. The quantitative estimate of drug-likeness (QED) is 0.148. The lowest BCUT2D eigenvalue weighted by Crippen LogP contribution is -2.11. The fraction of sp³-hybridized carbons (Fsp3) is 0.0323. The molecule has 0 atom stereocenters. The molecule has 0 saturated carbocycles. The molecule has 10 aromatic carbocycles. The van der Waals surface area contributed by atoms with Crippen LogP contribution < -0.4 is 4.90 Å². The molecular weight excluding hydrogens is 805 g/mol. The summed E-state index contributed by atoms with van der Waals surface area (Å²) >= 11 is 1.88. The summed E-state index contributed by atoms with van der Waals surface area (Å²) in [5, 5.41) is 5.04. The number of hydrogen-bond acceptors (Lipinski definition) is 2. The largest absolute Gasteiger partial charge is 0.310 e. The van der Waals surface area contributed by atoms with E-state index in [4.69, 9.17) is 0 Å². The molecular formula is C62H44N2S. The summed E-state index contributed by atoms with van der Waals surface area (Å²) in [6.07, 6.45) is 0. The molecule has 0 N–H and O–H groups in total. The topological polar surface area (TPSA) is 8.17 Å². The molecule has 2 heterocycles. The Bertz CT molecular complexity index is 3680. The number of thiophene rings is 1. The summed E-state index contributed by atoms with van der Waals surface area (Å²) in [6.45, 7) is 4.51. The van der Waals surface area contributed by atoms with Gasteiger partial charge in [-0.05, 0) is 131 Å². The van der Waals surface area contributed by atoms with Crippen LogP contribution in [0, 0.1) is 13.8 Å². The highest BCUT2D eigenvalue weighted by atomic mass is 32.1. The van der Waals surface area contributed by atoms with Crippen molar-refractivity contribution in [2.45, 2.75) is 13.8 Å². The van der Waals surface area contributed by atoms with Crippen LogP contribution in [0.5, 0.6) is 0 Å². The normalized spacial score (nSPS) is 11.5. The van der Waals surface area contributed by atoms with E-state index in [2.05, 4.69) is 254 Å². The summed E-state index contributed by atoms with van der Waals surface area (Å²) in [6, 6.07) is 84.6. The number of aryl methyl sites for hydroxylation is 2. The Morgan fingerprint density at radius 3 is 1.57 bits per heavy atom. The van der Waals surface area contributed by atoms with Crippen LogP contribution in [0.25, 0.3) is 92.2 Å². The number of para-hydroxylation sites is 2. The Morgan fingerprint density at radius 2 is 0.892 bits per heavy atom. The average molecular weight is 849 g/mol. The Kier molecular flexibility index (Phi) is 9.51. The summed E-state index contributed by atoms with van der Waals surface area (Å²) in [5.41, 5.74) is 19.0. The van der Waals surface area contributed by atoms with Crippen molar-refractivity contribution < 1.29 is 0 Å². The van der Waals surface area contributed by atoms with E-state index in [0.29, 0.717) is 0 Å². The smallest absolute Gasteiger partial charge is 0.0541 e. The third-order valence-corrected chi connectivity index (χ3v) is 14.2. The molecule has 12 rings (SSSR count). The van der Waals surface area contributed by atoms with Gasteiger partial charge in [-0.1, -0.05) is 164 Å². The molecule has 0 amide bonds. The lowest BCUT2D eigenvalue weighted by atomic mass is 9.90. The van der Waals surface area contributed by atoms with Gasteiger partial charge in [-0.2, -0.15) is 0 Å². The van der Waals surface area contributed by atoms with E-state index in [0.717, 1.165) is 22.7 Å². The van der Waals surface area contributed by atoms with E-state index < -0.39 is 0 Å². The Hall–Kier alpha value is -7.98. The van der Waals surface area contributed by atoms with Crippen LogP contribution in [0.2, 0.25) is 0 Å². The average Bonchev–Trinajstić information content (AvgIpc) is 3.91. The van der Waals surface area contributed by atoms with Crippen molar-refractivity contribution in [1.29, 1.82) is 0 Å². The van der Waals surface area contributed by atoms with Crippen molar-refractivity contribution in [2.24, 2.45) is 0 Å². The number of hydrogen-bond donors (Lipinski definition) is 0. The van der Waals surface area contributed by atoms with Crippen LogP contribution >= 0.6 is 11.3 Å². The predicted molar refractivity (Wildman–Crippen MR) is 280 cm³/mol. The predicted octanol–water partition coefficient (Wildman–Crippen LogP) is 17.9. The lowest BCUT2D eigenvalue weighted by molar-refractivity contribution is 1.18. The molecule has 0 aliphatic heterocycles. The zero-order valence-electron chi connectivity index (χ0n) is 36.2. The highest BCUT2D eigenvalue weighted by Gasteiger charge is 2.23. The van der Waals surface area contributed by atoms with Gasteiger partial charge in [-0.15, -0.1) is 11.3 Å². The first-order valence-corrected chi connectivity index (χ1v) is 23.1. The third kappa shape index (κ3) is 6.72. The summed E-state index contributed by atoms with van der Waals surface area (Å²) in [7, 11) is 0. The molecule has 0 bridgehead atoms. The van der Waals surface area contributed by atoms with Gasteiger partial charge in [0.05, 0.1) is 11.0 Å². The highest BCUT2D eigenvalue weighted by Crippen LogP contribution is 2.48. The standard InChI is InChI=1S/C62H44N2S/c1-41-35-48(33-34-51(41)43-19-6-3-7-20-43)63(49-36-42(2)61(45-23-10-5-11-24-45)55(38-49)44-21-8-4-9-22-44)50-39-56(62-57(40-50)54-29-14-17-32-60(54)65-62)46-25-18-26-47(37-46)64-58-30-15-12-27-52(58)53-28-13-16-31-59(53)64/h3-40H,1-2H3. The lowest BCUT2D eigenvalue weighted by Gasteiger charge is -2.29. The van der Waals surface area contributed by atoms with Crippen molar-refractivity contribution in [2.75, 3.05) is 4.90 Å². The first-order chi connectivity index (χ1) is 32.1. The van der Waals surface area contributed by atoms with E-state index in [9.17, 15) is 0 Å². The van der Waals surface area contributed by atoms with Gasteiger partial charge in [-0.3, -0.25) is 0 Å². The van der Waals surface area contributed by atoms with E-state index >= 15 is 0 Å². The molecule has 0 spiro atoms. The van der Waals surface area contributed by atoms with Crippen molar-refractivity contribution in [3.05, 3.63) is 242 Å². The monoisotopic (exact) mass is 848 g/mol. The van der Waals surface area contributed by atoms with Gasteiger partial charge in [0.1, 0.15) is 0 Å². The zero-order valence-corrected chi connectivity index (χ0v) is 37.1. The molecule has 12 aromatic rings. The maximum atomic E-state index is 2.49. The van der Waals surface area contributed by atoms with E-state index in [-0.39, 0.29) is 0 Å². The number of fused-ring (bicyclic) bond motifs is 6. The number of nitrogens with zero attached hydrogens (tertiary/aromatic N) is 2. The Balaban J connectivity index is 1.13. The van der Waals surface area contributed by atoms with Gasteiger partial charge in [0, 0.05) is 59.3 Å². The highest BCUT2D eigenvalue weighted by molar-refractivity contribution is 7.26. The van der Waals surface area contributed by atoms with Crippen LogP contribution in [0.15, 0.2) is 231 Å². The second kappa shape index (κ2) is 16.0. The van der Waals surface area contributed by atoms with Crippen molar-refractivity contribution >= 4 is 70.4 Å². The molecule has 0 saturated heterocycles. The van der Waals surface area contributed by atoms with Crippen LogP contribution in [0.1, 0.15) is 11.1 Å². The second-order valence-electron chi connectivity index (χ2n) is 17.0. The van der Waals surface area contributed by atoms with Gasteiger partial charge >= 0.3 is 0 Å². The summed E-state index contributed by atoms with van der Waals surface area (Å²) < 4.78 is 4.99. The maximum absolute atomic E-state index is 2.49. The molecule has 2 aromatic heterocycles. The zero-order chi connectivity index (χ0) is 43.4. The molecule has 2 nitrogen and oxygen atoms in total. The van der Waals surface area contributed by atoms with Crippen LogP contribution in [0.4, 0.5) is 17.1 Å². The molecule has 0 aliphatic rings. The minimum atomic E-state index is 1.11. The molecule has 0 aliphatic carbocycles. The fourth-order valence-corrected chi connectivity index (χ4v) is 11.3. The van der Waals surface area contributed by atoms with Crippen LogP contribution in [0.3, 0.4) is 0 Å². The van der Waals surface area contributed by atoms with Gasteiger partial charge < -0.3 is 9.47 Å². The van der Waals surface area contributed by atoms with Gasteiger partial charge in [0.15, 0.2) is 0 Å². The maximum Gasteiger partial charge on any atom is 0.0541 e. The number of benzene rings is 10. The molecule has 0 radical (unpaired) electrons. The van der Waals surface area contributed by atoms with Crippen LogP contribution in [-0.2, 0) is 0 Å². The minimum absolute atomic E-state index is 1.11. The summed E-state index contributed by atoms with van der Waals surface area (Å²) in [4.78, 5) is 2.49. The van der Waals surface area contributed by atoms with Crippen molar-refractivity contribution in [3.63, 3.8) is 0 Å². The van der Waals surface area contributed by atoms with E-state index in [1.54, 1.807) is 0 Å². The first-order valence-electron chi connectivity index (χ1n) is 22.3.